The Balaban J connectivity index is 1.79. The summed E-state index contributed by atoms with van der Waals surface area (Å²) in [6.07, 6.45) is 1.68. The van der Waals surface area contributed by atoms with Crippen LogP contribution in [0.2, 0.25) is 5.02 Å². The molecule has 0 heterocycles. The van der Waals surface area contributed by atoms with Crippen LogP contribution in [0.4, 0.5) is 5.69 Å². The summed E-state index contributed by atoms with van der Waals surface area (Å²) in [7, 11) is 0. The largest absolute Gasteiger partial charge is 0.380 e. The lowest BCUT2D eigenvalue weighted by atomic mass is 9.82. The highest BCUT2D eigenvalue weighted by atomic mass is 35.5. The lowest BCUT2D eigenvalue weighted by molar-refractivity contribution is 0.0812. The Hall–Kier alpha value is -3.66. The Kier molecular flexibility index (Phi) is 7.04. The molecule has 0 aliphatic carbocycles. The van der Waals surface area contributed by atoms with Crippen LogP contribution in [0.1, 0.15) is 27.9 Å². The normalized spacial score (nSPS) is 11.8. The molecule has 0 spiro atoms. The van der Waals surface area contributed by atoms with Gasteiger partial charge >= 0.3 is 0 Å². The number of carbonyl (C=O) groups excluding carboxylic acids is 1. The minimum atomic E-state index is -1.36. The van der Waals surface area contributed by atoms with E-state index in [1.807, 2.05) is 97.1 Å². The summed E-state index contributed by atoms with van der Waals surface area (Å²) in [6, 6.07) is 35.3. The molecular weight excluding hydrogens is 430 g/mol. The van der Waals surface area contributed by atoms with Crippen LogP contribution in [0.3, 0.4) is 0 Å². The first-order valence-electron chi connectivity index (χ1n) is 10.7. The van der Waals surface area contributed by atoms with Gasteiger partial charge in [0.25, 0.3) is 0 Å². The molecule has 0 bridgehead atoms. The summed E-state index contributed by atoms with van der Waals surface area (Å²) < 4.78 is 0. The van der Waals surface area contributed by atoms with Crippen molar-refractivity contribution in [2.45, 2.75) is 12.0 Å². The lowest BCUT2D eigenvalue weighted by Gasteiger charge is -2.31. The maximum Gasteiger partial charge on any atom is 0.187 e. The third-order valence-electron chi connectivity index (χ3n) is 5.48. The summed E-state index contributed by atoms with van der Waals surface area (Å²) in [4.78, 5) is 13.1. The smallest absolute Gasteiger partial charge is 0.187 e. The molecule has 0 radical (unpaired) electrons. The summed E-state index contributed by atoms with van der Waals surface area (Å²) >= 11 is 6.39. The van der Waals surface area contributed by atoms with Crippen LogP contribution < -0.4 is 5.32 Å². The number of benzene rings is 4. The van der Waals surface area contributed by atoms with Crippen molar-refractivity contribution < 1.29 is 9.90 Å². The number of anilines is 1. The van der Waals surface area contributed by atoms with E-state index in [9.17, 15) is 9.90 Å². The summed E-state index contributed by atoms with van der Waals surface area (Å²) in [6.45, 7) is 0. The predicted molar refractivity (Wildman–Crippen MR) is 134 cm³/mol. The molecule has 2 N–H and O–H groups in total. The SMILES string of the molecule is O=C(C=C(CC(O)(c1ccccc1)c1ccccc1)Nc1ccccc1Cl)c1ccccc1. The maximum atomic E-state index is 13.1. The highest BCUT2D eigenvalue weighted by Gasteiger charge is 2.33. The van der Waals surface area contributed by atoms with Crippen molar-refractivity contribution in [3.05, 3.63) is 149 Å². The number of aliphatic hydroxyl groups is 1. The number of carbonyl (C=O) groups is 1. The molecule has 0 aromatic heterocycles. The minimum absolute atomic E-state index is 0.144. The van der Waals surface area contributed by atoms with E-state index in [2.05, 4.69) is 5.32 Å². The lowest BCUT2D eigenvalue weighted by Crippen LogP contribution is -2.29. The molecule has 0 saturated heterocycles. The molecule has 0 saturated carbocycles. The minimum Gasteiger partial charge on any atom is -0.380 e. The fraction of sp³-hybridized carbons (Fsp3) is 0.0690. The van der Waals surface area contributed by atoms with Gasteiger partial charge in [-0.1, -0.05) is 115 Å². The van der Waals surface area contributed by atoms with Crippen LogP contribution in [0.15, 0.2) is 127 Å². The quantitative estimate of drug-likeness (QED) is 0.226. The van der Waals surface area contributed by atoms with E-state index >= 15 is 0 Å². The maximum absolute atomic E-state index is 13.1. The van der Waals surface area contributed by atoms with E-state index in [4.69, 9.17) is 11.6 Å². The average Bonchev–Trinajstić information content (AvgIpc) is 2.87. The number of nitrogens with one attached hydrogen (secondary N) is 1. The Bertz CT molecular complexity index is 1200. The molecule has 0 aliphatic rings. The first kappa shape index (κ1) is 22.5. The van der Waals surface area contributed by atoms with Gasteiger partial charge in [0.1, 0.15) is 5.60 Å². The summed E-state index contributed by atoms with van der Waals surface area (Å²) in [5.41, 5.74) is 1.88. The molecule has 0 atom stereocenters. The Morgan fingerprint density at radius 1 is 0.758 bits per heavy atom. The van der Waals surface area contributed by atoms with Crippen LogP contribution in [0, 0.1) is 0 Å². The number of allylic oxidation sites excluding steroid dienone is 1. The fourth-order valence-corrected chi connectivity index (χ4v) is 3.97. The monoisotopic (exact) mass is 453 g/mol. The summed E-state index contributed by atoms with van der Waals surface area (Å²) in [5, 5.41) is 15.8. The third kappa shape index (κ3) is 5.40. The molecule has 4 aromatic carbocycles. The van der Waals surface area contributed by atoms with Crippen molar-refractivity contribution in [1.82, 2.24) is 0 Å². The molecule has 0 amide bonds. The molecule has 3 nitrogen and oxygen atoms in total. The van der Waals surface area contributed by atoms with E-state index in [0.29, 0.717) is 22.0 Å². The van der Waals surface area contributed by atoms with E-state index < -0.39 is 5.60 Å². The van der Waals surface area contributed by atoms with Gasteiger partial charge in [-0.2, -0.15) is 0 Å². The van der Waals surface area contributed by atoms with Gasteiger partial charge in [0.15, 0.2) is 5.78 Å². The van der Waals surface area contributed by atoms with Crippen molar-refractivity contribution in [2.24, 2.45) is 0 Å². The topological polar surface area (TPSA) is 49.3 Å². The van der Waals surface area contributed by atoms with Crippen molar-refractivity contribution in [3.63, 3.8) is 0 Å². The molecule has 0 unspecified atom stereocenters. The van der Waals surface area contributed by atoms with E-state index in [1.165, 1.54) is 6.08 Å². The molecule has 0 aliphatic heterocycles. The Morgan fingerprint density at radius 3 is 1.79 bits per heavy atom. The second-order valence-electron chi connectivity index (χ2n) is 7.77. The van der Waals surface area contributed by atoms with Gasteiger partial charge in [-0.25, -0.2) is 0 Å². The van der Waals surface area contributed by atoms with Crippen LogP contribution in [-0.2, 0) is 5.60 Å². The van der Waals surface area contributed by atoms with Gasteiger partial charge in [-0.3, -0.25) is 4.79 Å². The van der Waals surface area contributed by atoms with Crippen molar-refractivity contribution in [2.75, 3.05) is 5.32 Å². The number of para-hydroxylation sites is 1. The van der Waals surface area contributed by atoms with E-state index in [1.54, 1.807) is 18.2 Å². The molecule has 4 heteroatoms. The first-order valence-corrected chi connectivity index (χ1v) is 11.1. The number of hydrogen-bond acceptors (Lipinski definition) is 3. The van der Waals surface area contributed by atoms with Crippen LogP contribution in [0.5, 0.6) is 0 Å². The zero-order valence-electron chi connectivity index (χ0n) is 18.0. The van der Waals surface area contributed by atoms with E-state index in [0.717, 1.165) is 11.1 Å². The van der Waals surface area contributed by atoms with Gasteiger partial charge in [-0.15, -0.1) is 0 Å². The van der Waals surface area contributed by atoms with Crippen molar-refractivity contribution in [3.8, 4) is 0 Å². The Labute approximate surface area is 199 Å². The standard InChI is InChI=1S/C29H24ClNO2/c30-26-18-10-11-19-27(26)31-25(20-28(32)22-12-4-1-5-13-22)21-29(33,23-14-6-2-7-15-23)24-16-8-3-9-17-24/h1-20,31,33H,21H2. The van der Waals surface area contributed by atoms with Gasteiger partial charge < -0.3 is 10.4 Å². The van der Waals surface area contributed by atoms with Crippen molar-refractivity contribution in [1.29, 1.82) is 0 Å². The number of rotatable bonds is 8. The van der Waals surface area contributed by atoms with Crippen LogP contribution >= 0.6 is 11.6 Å². The first-order chi connectivity index (χ1) is 16.1. The van der Waals surface area contributed by atoms with Crippen molar-refractivity contribution >= 4 is 23.1 Å². The molecule has 4 aromatic rings. The molecule has 33 heavy (non-hydrogen) atoms. The van der Waals surface area contributed by atoms with E-state index in [-0.39, 0.29) is 12.2 Å². The summed E-state index contributed by atoms with van der Waals surface area (Å²) in [5.74, 6) is -0.159. The van der Waals surface area contributed by atoms with Gasteiger partial charge in [-0.05, 0) is 23.3 Å². The highest BCUT2D eigenvalue weighted by molar-refractivity contribution is 6.33. The molecular formula is C29H24ClNO2. The fourth-order valence-electron chi connectivity index (χ4n) is 3.79. The second kappa shape index (κ2) is 10.3. The Morgan fingerprint density at radius 2 is 1.24 bits per heavy atom. The zero-order valence-corrected chi connectivity index (χ0v) is 18.7. The third-order valence-corrected chi connectivity index (χ3v) is 5.81. The highest BCUT2D eigenvalue weighted by Crippen LogP contribution is 2.36. The van der Waals surface area contributed by atoms with Crippen LogP contribution in [-0.4, -0.2) is 10.9 Å². The van der Waals surface area contributed by atoms with Gasteiger partial charge in [0, 0.05) is 23.8 Å². The molecule has 0 fully saturated rings. The zero-order chi connectivity index (χ0) is 23.1. The van der Waals surface area contributed by atoms with Gasteiger partial charge in [0.05, 0.1) is 10.7 Å². The van der Waals surface area contributed by atoms with Crippen LogP contribution in [0.25, 0.3) is 0 Å². The second-order valence-corrected chi connectivity index (χ2v) is 8.18. The number of ketones is 1. The number of halogens is 1. The van der Waals surface area contributed by atoms with Gasteiger partial charge in [0.2, 0.25) is 0 Å². The molecule has 164 valence electrons. The predicted octanol–water partition coefficient (Wildman–Crippen LogP) is 6.84. The number of hydrogen-bond donors (Lipinski definition) is 2. The molecule has 4 rings (SSSR count). The average molecular weight is 454 g/mol.